The third-order valence-electron chi connectivity index (χ3n) is 2.96. The molecule has 1 aliphatic heterocycles. The minimum Gasteiger partial charge on any atom is -0.364 e. The summed E-state index contributed by atoms with van der Waals surface area (Å²) in [7, 11) is 0. The smallest absolute Gasteiger partial charge is 0.353 e. The molecule has 9 nitrogen and oxygen atoms in total. The molecule has 2 rings (SSSR count). The van der Waals surface area contributed by atoms with E-state index in [9.17, 15) is 14.9 Å². The Labute approximate surface area is 115 Å². The summed E-state index contributed by atoms with van der Waals surface area (Å²) in [5.41, 5.74) is -0.175. The first-order valence-corrected chi connectivity index (χ1v) is 6.38. The maximum atomic E-state index is 11.2. The topological polar surface area (TPSA) is 122 Å². The van der Waals surface area contributed by atoms with Gasteiger partial charge in [-0.2, -0.15) is 0 Å². The van der Waals surface area contributed by atoms with E-state index in [0.29, 0.717) is 25.9 Å². The van der Waals surface area contributed by atoms with Crippen LogP contribution in [0.4, 0.5) is 17.3 Å². The number of nitro groups is 1. The van der Waals surface area contributed by atoms with Crippen LogP contribution in [0.25, 0.3) is 0 Å². The molecular formula is C11H16N6O3. The highest BCUT2D eigenvalue weighted by Gasteiger charge is 2.26. The number of piperidine rings is 1. The third-order valence-corrected chi connectivity index (χ3v) is 2.96. The normalized spacial score (nSPS) is 18.2. The van der Waals surface area contributed by atoms with E-state index >= 15 is 0 Å². The van der Waals surface area contributed by atoms with Crippen LogP contribution in [0.2, 0.25) is 0 Å². The van der Waals surface area contributed by atoms with Gasteiger partial charge >= 0.3 is 5.69 Å². The van der Waals surface area contributed by atoms with Gasteiger partial charge in [0.2, 0.25) is 17.5 Å². The zero-order valence-electron chi connectivity index (χ0n) is 11.0. The molecule has 1 aromatic rings. The molecule has 1 aromatic heterocycles. The van der Waals surface area contributed by atoms with Crippen LogP contribution in [0.1, 0.15) is 19.8 Å². The lowest BCUT2D eigenvalue weighted by molar-refractivity contribution is -0.383. The second-order valence-corrected chi connectivity index (χ2v) is 4.39. The minimum absolute atomic E-state index is 0.00595. The van der Waals surface area contributed by atoms with Crippen molar-refractivity contribution in [3.63, 3.8) is 0 Å². The Bertz CT molecular complexity index is 511. The number of carbonyl (C=O) groups is 1. The lowest BCUT2D eigenvalue weighted by Crippen LogP contribution is -2.42. The number of nitrogens with zero attached hydrogens (tertiary/aromatic N) is 3. The van der Waals surface area contributed by atoms with Gasteiger partial charge in [0.15, 0.2) is 0 Å². The zero-order valence-corrected chi connectivity index (χ0v) is 11.0. The molecule has 108 valence electrons. The summed E-state index contributed by atoms with van der Waals surface area (Å²) >= 11 is 0. The number of anilines is 2. The average Bonchev–Trinajstić information content (AvgIpc) is 2.41. The van der Waals surface area contributed by atoms with E-state index in [2.05, 4.69) is 25.9 Å². The summed E-state index contributed by atoms with van der Waals surface area (Å²) in [4.78, 5) is 29.6. The standard InChI is InChI=1S/C11H16N6O3/c1-2-12-10-9(17(19)20)11(15-6-14-10)16-7-3-4-8(18)13-5-7/h6-7H,2-5H2,1H3,(H,13,18)(H2,12,14,15,16). The van der Waals surface area contributed by atoms with Crippen LogP contribution in [0.5, 0.6) is 0 Å². The predicted molar refractivity (Wildman–Crippen MR) is 72.5 cm³/mol. The van der Waals surface area contributed by atoms with Crippen molar-refractivity contribution in [1.82, 2.24) is 15.3 Å². The molecular weight excluding hydrogens is 264 g/mol. The first-order chi connectivity index (χ1) is 9.61. The summed E-state index contributed by atoms with van der Waals surface area (Å²) in [5, 5.41) is 19.7. The second-order valence-electron chi connectivity index (χ2n) is 4.39. The van der Waals surface area contributed by atoms with Crippen LogP contribution in [0.3, 0.4) is 0 Å². The van der Waals surface area contributed by atoms with Gasteiger partial charge in [-0.3, -0.25) is 14.9 Å². The van der Waals surface area contributed by atoms with Gasteiger partial charge in [-0.1, -0.05) is 0 Å². The maximum absolute atomic E-state index is 11.2. The Balaban J connectivity index is 2.20. The summed E-state index contributed by atoms with van der Waals surface area (Å²) in [6.07, 6.45) is 2.29. The van der Waals surface area contributed by atoms with E-state index in [1.54, 1.807) is 0 Å². The molecule has 1 fully saturated rings. The Hall–Kier alpha value is -2.45. The van der Waals surface area contributed by atoms with Crippen molar-refractivity contribution in [2.45, 2.75) is 25.8 Å². The number of rotatable bonds is 5. The number of nitrogens with one attached hydrogen (secondary N) is 3. The SMILES string of the molecule is CCNc1ncnc(NC2CCC(=O)NC2)c1[N+](=O)[O-]. The van der Waals surface area contributed by atoms with Gasteiger partial charge in [-0.25, -0.2) is 9.97 Å². The summed E-state index contributed by atoms with van der Waals surface area (Å²) in [6.45, 7) is 2.78. The van der Waals surface area contributed by atoms with Gasteiger partial charge in [0.1, 0.15) is 6.33 Å². The van der Waals surface area contributed by atoms with Gasteiger partial charge in [0, 0.05) is 25.6 Å². The second kappa shape index (κ2) is 6.13. The molecule has 0 bridgehead atoms. The first kappa shape index (κ1) is 14.0. The summed E-state index contributed by atoms with van der Waals surface area (Å²) in [6, 6.07) is -0.0734. The molecule has 1 atom stereocenters. The minimum atomic E-state index is -0.512. The Morgan fingerprint density at radius 3 is 2.85 bits per heavy atom. The van der Waals surface area contributed by atoms with Crippen molar-refractivity contribution in [1.29, 1.82) is 0 Å². The van der Waals surface area contributed by atoms with Crippen LogP contribution in [0.15, 0.2) is 6.33 Å². The van der Waals surface area contributed by atoms with E-state index in [1.807, 2.05) is 6.92 Å². The quantitative estimate of drug-likeness (QED) is 0.530. The number of aromatic nitrogens is 2. The maximum Gasteiger partial charge on any atom is 0.353 e. The summed E-state index contributed by atoms with van der Waals surface area (Å²) < 4.78 is 0. The number of amides is 1. The van der Waals surface area contributed by atoms with Crippen LogP contribution >= 0.6 is 0 Å². The molecule has 1 amide bonds. The molecule has 0 aliphatic carbocycles. The largest absolute Gasteiger partial charge is 0.364 e. The van der Waals surface area contributed by atoms with Gasteiger partial charge in [-0.05, 0) is 13.3 Å². The number of carbonyl (C=O) groups excluding carboxylic acids is 1. The molecule has 0 radical (unpaired) electrons. The molecule has 1 unspecified atom stereocenters. The van der Waals surface area contributed by atoms with Gasteiger partial charge in [-0.15, -0.1) is 0 Å². The Morgan fingerprint density at radius 1 is 1.50 bits per heavy atom. The highest BCUT2D eigenvalue weighted by atomic mass is 16.6. The highest BCUT2D eigenvalue weighted by molar-refractivity contribution is 5.77. The van der Waals surface area contributed by atoms with E-state index in [1.165, 1.54) is 6.33 Å². The Morgan fingerprint density at radius 2 is 2.25 bits per heavy atom. The summed E-state index contributed by atoms with van der Waals surface area (Å²) in [5.74, 6) is 0.352. The fourth-order valence-electron chi connectivity index (χ4n) is 2.00. The van der Waals surface area contributed by atoms with Crippen molar-refractivity contribution in [3.8, 4) is 0 Å². The van der Waals surface area contributed by atoms with Crippen molar-refractivity contribution in [2.75, 3.05) is 23.7 Å². The fourth-order valence-corrected chi connectivity index (χ4v) is 2.00. The van der Waals surface area contributed by atoms with Crippen LogP contribution in [0, 0.1) is 10.1 Å². The van der Waals surface area contributed by atoms with E-state index in [-0.39, 0.29) is 29.3 Å². The van der Waals surface area contributed by atoms with E-state index in [0.717, 1.165) is 0 Å². The van der Waals surface area contributed by atoms with Crippen molar-refractivity contribution in [2.24, 2.45) is 0 Å². The first-order valence-electron chi connectivity index (χ1n) is 6.38. The molecule has 0 aromatic carbocycles. The van der Waals surface area contributed by atoms with Crippen LogP contribution < -0.4 is 16.0 Å². The van der Waals surface area contributed by atoms with E-state index < -0.39 is 4.92 Å². The van der Waals surface area contributed by atoms with Crippen molar-refractivity contribution >= 4 is 23.2 Å². The zero-order chi connectivity index (χ0) is 14.5. The van der Waals surface area contributed by atoms with Crippen LogP contribution in [-0.2, 0) is 4.79 Å². The molecule has 2 heterocycles. The average molecular weight is 280 g/mol. The van der Waals surface area contributed by atoms with Crippen LogP contribution in [-0.4, -0.2) is 39.9 Å². The van der Waals surface area contributed by atoms with Gasteiger partial charge in [0.05, 0.1) is 4.92 Å². The third kappa shape index (κ3) is 3.11. The molecule has 3 N–H and O–H groups in total. The van der Waals surface area contributed by atoms with Crippen molar-refractivity contribution < 1.29 is 9.72 Å². The molecule has 9 heteroatoms. The number of hydrogen-bond donors (Lipinski definition) is 3. The molecule has 0 saturated carbocycles. The van der Waals surface area contributed by atoms with Crippen molar-refractivity contribution in [3.05, 3.63) is 16.4 Å². The lowest BCUT2D eigenvalue weighted by atomic mass is 10.1. The fraction of sp³-hybridized carbons (Fsp3) is 0.545. The molecule has 1 saturated heterocycles. The monoisotopic (exact) mass is 280 g/mol. The Kier molecular flexibility index (Phi) is 4.28. The van der Waals surface area contributed by atoms with E-state index in [4.69, 9.17) is 0 Å². The predicted octanol–water partition coefficient (Wildman–Crippen LogP) is 0.507. The highest BCUT2D eigenvalue weighted by Crippen LogP contribution is 2.29. The molecule has 1 aliphatic rings. The van der Waals surface area contributed by atoms with Gasteiger partial charge < -0.3 is 16.0 Å². The molecule has 0 spiro atoms. The number of hydrogen-bond acceptors (Lipinski definition) is 7. The molecule has 20 heavy (non-hydrogen) atoms. The van der Waals surface area contributed by atoms with Gasteiger partial charge in [0.25, 0.3) is 0 Å². The lowest BCUT2D eigenvalue weighted by Gasteiger charge is -2.23.